The zero-order valence-electron chi connectivity index (χ0n) is 27.6. The van der Waals surface area contributed by atoms with Crippen LogP contribution in [0.1, 0.15) is 21.6 Å². The van der Waals surface area contributed by atoms with E-state index in [1.807, 2.05) is 4.90 Å². The van der Waals surface area contributed by atoms with Crippen LogP contribution in [0, 0.1) is 11.6 Å². The first-order valence-corrected chi connectivity index (χ1v) is 16.3. The summed E-state index contributed by atoms with van der Waals surface area (Å²) in [5.41, 5.74) is -1.89. The second kappa shape index (κ2) is 14.5. The highest BCUT2D eigenvalue weighted by molar-refractivity contribution is 5.98. The third kappa shape index (κ3) is 7.27. The van der Waals surface area contributed by atoms with E-state index in [0.717, 1.165) is 9.47 Å². The minimum atomic E-state index is -4.77. The molecule has 1 aromatic heterocycles. The van der Waals surface area contributed by atoms with Gasteiger partial charge in [0.25, 0.3) is 11.5 Å². The SMILES string of the molecule is Cn1c(CCN2CC(F)C2)cc(=O)n(-c2cccc3c(C[C@H](NC(=O)c4c(F)cc(N5CCOC[C@@H]5C(F)(F)F)cc4F)C(=O)O)cccc23)c1=O. The fourth-order valence-electron chi connectivity index (χ4n) is 6.60. The van der Waals surface area contributed by atoms with Gasteiger partial charge in [-0.3, -0.25) is 14.5 Å². The Hall–Kier alpha value is -5.16. The number of alkyl halides is 4. The van der Waals surface area contributed by atoms with E-state index in [9.17, 15) is 41.8 Å². The van der Waals surface area contributed by atoms with Crippen molar-refractivity contribution in [3.05, 3.63) is 104 Å². The summed E-state index contributed by atoms with van der Waals surface area (Å²) in [6.07, 6.45) is -5.71. The molecule has 0 saturated carbocycles. The highest BCUT2D eigenvalue weighted by Crippen LogP contribution is 2.33. The van der Waals surface area contributed by atoms with Crippen LogP contribution in [0.15, 0.2) is 64.2 Å². The molecule has 3 heterocycles. The Morgan fingerprint density at radius 1 is 1.02 bits per heavy atom. The van der Waals surface area contributed by atoms with E-state index in [1.54, 1.807) is 30.3 Å². The highest BCUT2D eigenvalue weighted by Gasteiger charge is 2.46. The molecule has 2 atom stereocenters. The third-order valence-electron chi connectivity index (χ3n) is 9.37. The van der Waals surface area contributed by atoms with Crippen molar-refractivity contribution in [3.8, 4) is 5.69 Å². The van der Waals surface area contributed by atoms with Gasteiger partial charge in [-0.2, -0.15) is 13.2 Å². The zero-order valence-corrected chi connectivity index (χ0v) is 27.6. The van der Waals surface area contributed by atoms with Crippen LogP contribution in [0.25, 0.3) is 16.5 Å². The molecule has 0 bridgehead atoms. The number of benzene rings is 3. The highest BCUT2D eigenvalue weighted by atomic mass is 19.4. The number of fused-ring (bicyclic) bond motifs is 1. The molecule has 11 nitrogen and oxygen atoms in total. The second-order valence-electron chi connectivity index (χ2n) is 12.7. The number of carboxylic acids is 1. The van der Waals surface area contributed by atoms with E-state index in [-0.39, 0.29) is 18.8 Å². The summed E-state index contributed by atoms with van der Waals surface area (Å²) in [6.45, 7) is -0.151. The number of amides is 1. The number of aliphatic carboxylic acids is 1. The number of carbonyl (C=O) groups is 2. The monoisotopic (exact) mass is 733 g/mol. The Balaban J connectivity index is 1.26. The normalized spacial score (nSPS) is 17.6. The van der Waals surface area contributed by atoms with Crippen molar-refractivity contribution in [2.45, 2.75) is 37.3 Å². The molecule has 0 spiro atoms. The van der Waals surface area contributed by atoms with E-state index in [0.29, 0.717) is 60.2 Å². The first-order valence-electron chi connectivity index (χ1n) is 16.3. The number of morpholine rings is 1. The van der Waals surface area contributed by atoms with Crippen molar-refractivity contribution in [2.75, 3.05) is 44.3 Å². The van der Waals surface area contributed by atoms with Crippen LogP contribution < -0.4 is 21.5 Å². The number of rotatable bonds is 10. The predicted molar refractivity (Wildman–Crippen MR) is 177 cm³/mol. The van der Waals surface area contributed by atoms with Gasteiger partial charge in [-0.15, -0.1) is 0 Å². The van der Waals surface area contributed by atoms with E-state index in [4.69, 9.17) is 4.74 Å². The number of ether oxygens (including phenoxy) is 1. The van der Waals surface area contributed by atoms with Crippen LogP contribution in [0.3, 0.4) is 0 Å². The zero-order chi connectivity index (χ0) is 37.5. The molecule has 2 aliphatic heterocycles. The van der Waals surface area contributed by atoms with Gasteiger partial charge < -0.3 is 24.6 Å². The van der Waals surface area contributed by atoms with Gasteiger partial charge in [0.1, 0.15) is 35.5 Å². The maximum absolute atomic E-state index is 15.2. The topological polar surface area (TPSA) is 126 Å². The molecular formula is C35H33F6N5O6. The maximum Gasteiger partial charge on any atom is 0.411 e. The minimum absolute atomic E-state index is 0.129. The Morgan fingerprint density at radius 3 is 2.35 bits per heavy atom. The lowest BCUT2D eigenvalue weighted by molar-refractivity contribution is -0.167. The Morgan fingerprint density at radius 2 is 1.69 bits per heavy atom. The standard InChI is InChI=1S/C35H33F6N5O6/c1-43-21(8-9-44-16-20(36)17-44)15-30(47)46(34(43)51)28-7-3-5-23-19(4-2-6-24(23)28)12-27(33(49)50)42-32(48)31-25(37)13-22(14-26(31)38)45-10-11-52-18-29(45)35(39,40)41/h2-7,13-15,20,27,29H,8-12,16-18H2,1H3,(H,42,48)(H,49,50)/t27-,29+/m0/s1. The molecule has 2 saturated heterocycles. The fourth-order valence-corrected chi connectivity index (χ4v) is 6.60. The number of nitrogens with zero attached hydrogens (tertiary/aromatic N) is 4. The van der Waals surface area contributed by atoms with E-state index in [2.05, 4.69) is 5.32 Å². The molecule has 52 heavy (non-hydrogen) atoms. The van der Waals surface area contributed by atoms with Crippen LogP contribution in [0.2, 0.25) is 0 Å². The smallest absolute Gasteiger partial charge is 0.411 e. The summed E-state index contributed by atoms with van der Waals surface area (Å²) in [6, 6.07) is 7.99. The third-order valence-corrected chi connectivity index (χ3v) is 9.37. The van der Waals surface area contributed by atoms with Gasteiger partial charge in [-0.25, -0.2) is 27.3 Å². The lowest BCUT2D eigenvalue weighted by atomic mass is 9.97. The van der Waals surface area contributed by atoms with Crippen molar-refractivity contribution in [1.29, 1.82) is 0 Å². The summed E-state index contributed by atoms with van der Waals surface area (Å²) in [5.74, 6) is -5.99. The summed E-state index contributed by atoms with van der Waals surface area (Å²) in [5, 5.41) is 12.9. The first kappa shape index (κ1) is 36.6. The molecule has 17 heteroatoms. The number of hydrogen-bond acceptors (Lipinski definition) is 7. The molecule has 2 aliphatic rings. The fraction of sp³-hybridized carbons (Fsp3) is 0.371. The van der Waals surface area contributed by atoms with Gasteiger partial charge in [-0.05, 0) is 29.1 Å². The quantitative estimate of drug-likeness (QED) is 0.238. The van der Waals surface area contributed by atoms with Gasteiger partial charge in [0, 0.05) is 68.9 Å². The number of likely N-dealkylation sites (tertiary alicyclic amines) is 1. The molecule has 2 fully saturated rings. The second-order valence-corrected chi connectivity index (χ2v) is 12.7. The van der Waals surface area contributed by atoms with Crippen molar-refractivity contribution in [1.82, 2.24) is 19.4 Å². The number of nitrogens with one attached hydrogen (secondary N) is 1. The number of anilines is 1. The predicted octanol–water partition coefficient (Wildman–Crippen LogP) is 3.36. The molecule has 6 rings (SSSR count). The molecule has 0 unspecified atom stereocenters. The summed E-state index contributed by atoms with van der Waals surface area (Å²) >= 11 is 0. The van der Waals surface area contributed by atoms with E-state index < -0.39 is 83.5 Å². The van der Waals surface area contributed by atoms with Crippen LogP contribution in [-0.4, -0.2) is 94.8 Å². The lowest BCUT2D eigenvalue weighted by Gasteiger charge is -2.38. The summed E-state index contributed by atoms with van der Waals surface area (Å²) < 4.78 is 91.5. The van der Waals surface area contributed by atoms with Crippen molar-refractivity contribution in [3.63, 3.8) is 0 Å². The van der Waals surface area contributed by atoms with Gasteiger partial charge in [0.15, 0.2) is 0 Å². The average Bonchev–Trinajstić information content (AvgIpc) is 3.07. The van der Waals surface area contributed by atoms with Crippen LogP contribution in [-0.2, 0) is 29.4 Å². The molecule has 0 aliphatic carbocycles. The van der Waals surface area contributed by atoms with Gasteiger partial charge >= 0.3 is 17.8 Å². The van der Waals surface area contributed by atoms with E-state index in [1.165, 1.54) is 23.7 Å². The summed E-state index contributed by atoms with van der Waals surface area (Å²) in [4.78, 5) is 54.8. The van der Waals surface area contributed by atoms with Crippen molar-refractivity contribution >= 4 is 28.3 Å². The van der Waals surface area contributed by atoms with Gasteiger partial charge in [0.2, 0.25) is 0 Å². The number of halogens is 6. The molecule has 2 N–H and O–H groups in total. The number of carboxylic acid groups (broad SMARTS) is 1. The van der Waals surface area contributed by atoms with Crippen LogP contribution >= 0.6 is 0 Å². The largest absolute Gasteiger partial charge is 0.480 e. The average molecular weight is 734 g/mol. The Labute approximate surface area is 291 Å². The molecule has 3 aromatic carbocycles. The molecule has 0 radical (unpaired) electrons. The maximum atomic E-state index is 15.2. The molecule has 4 aromatic rings. The minimum Gasteiger partial charge on any atom is -0.480 e. The molecular weight excluding hydrogens is 700 g/mol. The Kier molecular flexibility index (Phi) is 10.2. The summed E-state index contributed by atoms with van der Waals surface area (Å²) in [7, 11) is 1.51. The Bertz CT molecular complexity index is 2120. The van der Waals surface area contributed by atoms with Gasteiger partial charge in [0.05, 0.1) is 18.9 Å². The van der Waals surface area contributed by atoms with E-state index >= 15 is 8.78 Å². The van der Waals surface area contributed by atoms with Gasteiger partial charge in [-0.1, -0.05) is 30.3 Å². The molecule has 276 valence electrons. The van der Waals surface area contributed by atoms with Crippen LogP contribution in [0.5, 0.6) is 0 Å². The molecule has 1 amide bonds. The van der Waals surface area contributed by atoms with Crippen molar-refractivity contribution < 1.29 is 45.8 Å². The van der Waals surface area contributed by atoms with Crippen molar-refractivity contribution in [2.24, 2.45) is 7.05 Å². The number of aromatic nitrogens is 2. The number of carbonyl (C=O) groups excluding carboxylic acids is 1. The number of hydrogen-bond donors (Lipinski definition) is 2. The van der Waals surface area contributed by atoms with Crippen LogP contribution in [0.4, 0.5) is 32.0 Å². The first-order chi connectivity index (χ1) is 24.6. The lowest BCUT2D eigenvalue weighted by Crippen LogP contribution is -2.53.